The van der Waals surface area contributed by atoms with Crippen molar-refractivity contribution in [2.45, 2.75) is 13.0 Å². The molecular weight excluding hydrogens is 228 g/mol. The maximum atomic E-state index is 11.6. The summed E-state index contributed by atoms with van der Waals surface area (Å²) < 4.78 is 5.32. The van der Waals surface area contributed by atoms with Crippen LogP contribution in [-0.4, -0.2) is 43.5 Å². The minimum absolute atomic E-state index is 0.121. The SMILES string of the molecule is NCCC(=O)c1ccc(CN2CCOCC2)cc1. The summed E-state index contributed by atoms with van der Waals surface area (Å²) in [4.78, 5) is 14.0. The molecule has 0 aliphatic carbocycles. The minimum Gasteiger partial charge on any atom is -0.379 e. The molecule has 0 amide bonds. The summed E-state index contributed by atoms with van der Waals surface area (Å²) in [5.41, 5.74) is 7.37. The average Bonchev–Trinajstić information content (AvgIpc) is 2.41. The predicted octanol–water partition coefficient (Wildman–Crippen LogP) is 1.05. The molecule has 0 atom stereocenters. The molecular formula is C14H20N2O2. The van der Waals surface area contributed by atoms with Crippen LogP contribution >= 0.6 is 0 Å². The van der Waals surface area contributed by atoms with E-state index >= 15 is 0 Å². The maximum absolute atomic E-state index is 11.6. The Morgan fingerprint density at radius 1 is 1.22 bits per heavy atom. The fourth-order valence-electron chi connectivity index (χ4n) is 2.09. The lowest BCUT2D eigenvalue weighted by molar-refractivity contribution is 0.0342. The van der Waals surface area contributed by atoms with Crippen LogP contribution in [0.15, 0.2) is 24.3 Å². The summed E-state index contributed by atoms with van der Waals surface area (Å²) >= 11 is 0. The number of carbonyl (C=O) groups excluding carboxylic acids is 1. The Bertz CT molecular complexity index is 383. The van der Waals surface area contributed by atoms with Crippen molar-refractivity contribution in [1.29, 1.82) is 0 Å². The van der Waals surface area contributed by atoms with Gasteiger partial charge in [0.25, 0.3) is 0 Å². The summed E-state index contributed by atoms with van der Waals surface area (Å²) in [5.74, 6) is 0.121. The van der Waals surface area contributed by atoms with Crippen molar-refractivity contribution in [1.82, 2.24) is 4.90 Å². The van der Waals surface area contributed by atoms with Crippen molar-refractivity contribution in [3.8, 4) is 0 Å². The van der Waals surface area contributed by atoms with Gasteiger partial charge in [0.1, 0.15) is 0 Å². The lowest BCUT2D eigenvalue weighted by atomic mass is 10.1. The van der Waals surface area contributed by atoms with Crippen LogP contribution in [-0.2, 0) is 11.3 Å². The van der Waals surface area contributed by atoms with Gasteiger partial charge in [-0.3, -0.25) is 9.69 Å². The van der Waals surface area contributed by atoms with Gasteiger partial charge in [-0.15, -0.1) is 0 Å². The second kappa shape index (κ2) is 6.64. The molecule has 1 aromatic carbocycles. The van der Waals surface area contributed by atoms with E-state index in [4.69, 9.17) is 10.5 Å². The molecule has 1 heterocycles. The third-order valence-corrected chi connectivity index (χ3v) is 3.16. The number of rotatable bonds is 5. The highest BCUT2D eigenvalue weighted by Gasteiger charge is 2.11. The van der Waals surface area contributed by atoms with E-state index in [1.54, 1.807) is 0 Å². The summed E-state index contributed by atoms with van der Waals surface area (Å²) in [6, 6.07) is 7.85. The van der Waals surface area contributed by atoms with Crippen LogP contribution < -0.4 is 5.73 Å². The zero-order valence-electron chi connectivity index (χ0n) is 10.6. The number of nitrogens with zero attached hydrogens (tertiary/aromatic N) is 1. The first-order valence-corrected chi connectivity index (χ1v) is 6.42. The topological polar surface area (TPSA) is 55.6 Å². The molecule has 0 saturated carbocycles. The Morgan fingerprint density at radius 2 is 1.89 bits per heavy atom. The van der Waals surface area contributed by atoms with Gasteiger partial charge in [0.2, 0.25) is 0 Å². The van der Waals surface area contributed by atoms with Crippen LogP contribution in [0.5, 0.6) is 0 Å². The normalized spacial score (nSPS) is 16.7. The standard InChI is InChI=1S/C14H20N2O2/c15-6-5-14(17)13-3-1-12(2-4-13)11-16-7-9-18-10-8-16/h1-4H,5-11,15H2. The Balaban J connectivity index is 1.92. The van der Waals surface area contributed by atoms with E-state index in [2.05, 4.69) is 4.90 Å². The van der Waals surface area contributed by atoms with Gasteiger partial charge in [0, 0.05) is 31.6 Å². The molecule has 0 unspecified atom stereocenters. The lowest BCUT2D eigenvalue weighted by Crippen LogP contribution is -2.35. The Labute approximate surface area is 108 Å². The molecule has 2 N–H and O–H groups in total. The molecule has 1 aromatic rings. The largest absolute Gasteiger partial charge is 0.379 e. The molecule has 98 valence electrons. The third-order valence-electron chi connectivity index (χ3n) is 3.16. The first-order chi connectivity index (χ1) is 8.79. The fraction of sp³-hybridized carbons (Fsp3) is 0.500. The number of nitrogens with two attached hydrogens (primary N) is 1. The van der Waals surface area contributed by atoms with Crippen molar-refractivity contribution in [2.75, 3.05) is 32.8 Å². The number of hydrogen-bond acceptors (Lipinski definition) is 4. The van der Waals surface area contributed by atoms with E-state index < -0.39 is 0 Å². The number of Topliss-reactive ketones (excluding diaryl/α,β-unsaturated/α-hetero) is 1. The first-order valence-electron chi connectivity index (χ1n) is 6.42. The van der Waals surface area contributed by atoms with Crippen LogP contribution in [0.1, 0.15) is 22.3 Å². The van der Waals surface area contributed by atoms with Crippen LogP contribution in [0.3, 0.4) is 0 Å². The molecule has 0 aromatic heterocycles. The maximum Gasteiger partial charge on any atom is 0.164 e. The van der Waals surface area contributed by atoms with Crippen molar-refractivity contribution < 1.29 is 9.53 Å². The van der Waals surface area contributed by atoms with Gasteiger partial charge in [0.15, 0.2) is 5.78 Å². The number of ketones is 1. The molecule has 2 rings (SSSR count). The monoisotopic (exact) mass is 248 g/mol. The zero-order chi connectivity index (χ0) is 12.8. The number of hydrogen-bond donors (Lipinski definition) is 1. The zero-order valence-corrected chi connectivity index (χ0v) is 10.6. The molecule has 0 spiro atoms. The van der Waals surface area contributed by atoms with Gasteiger partial charge < -0.3 is 10.5 Å². The second-order valence-electron chi connectivity index (χ2n) is 4.55. The Hall–Kier alpha value is -1.23. The van der Waals surface area contributed by atoms with E-state index in [0.29, 0.717) is 13.0 Å². The highest BCUT2D eigenvalue weighted by atomic mass is 16.5. The van der Waals surface area contributed by atoms with E-state index in [9.17, 15) is 4.79 Å². The van der Waals surface area contributed by atoms with Gasteiger partial charge in [-0.2, -0.15) is 0 Å². The number of carbonyl (C=O) groups is 1. The lowest BCUT2D eigenvalue weighted by Gasteiger charge is -2.26. The van der Waals surface area contributed by atoms with Gasteiger partial charge >= 0.3 is 0 Å². The van der Waals surface area contributed by atoms with Gasteiger partial charge in [0.05, 0.1) is 13.2 Å². The molecule has 4 heteroatoms. The Morgan fingerprint density at radius 3 is 2.50 bits per heavy atom. The second-order valence-corrected chi connectivity index (χ2v) is 4.55. The van der Waals surface area contributed by atoms with Crippen molar-refractivity contribution in [3.05, 3.63) is 35.4 Å². The summed E-state index contributed by atoms with van der Waals surface area (Å²) in [6.07, 6.45) is 0.419. The van der Waals surface area contributed by atoms with Gasteiger partial charge in [-0.1, -0.05) is 24.3 Å². The molecule has 1 aliphatic rings. The van der Waals surface area contributed by atoms with E-state index in [-0.39, 0.29) is 5.78 Å². The average molecular weight is 248 g/mol. The quantitative estimate of drug-likeness (QED) is 0.791. The molecule has 4 nitrogen and oxygen atoms in total. The molecule has 1 fully saturated rings. The highest BCUT2D eigenvalue weighted by Crippen LogP contribution is 2.10. The molecule has 1 aliphatic heterocycles. The van der Waals surface area contributed by atoms with Crippen molar-refractivity contribution in [2.24, 2.45) is 5.73 Å². The van der Waals surface area contributed by atoms with Gasteiger partial charge in [-0.05, 0) is 12.1 Å². The molecule has 18 heavy (non-hydrogen) atoms. The van der Waals surface area contributed by atoms with E-state index in [1.165, 1.54) is 5.56 Å². The summed E-state index contributed by atoms with van der Waals surface area (Å²) in [5, 5.41) is 0. The van der Waals surface area contributed by atoms with Crippen molar-refractivity contribution >= 4 is 5.78 Å². The predicted molar refractivity (Wildman–Crippen MR) is 70.5 cm³/mol. The van der Waals surface area contributed by atoms with Crippen LogP contribution in [0, 0.1) is 0 Å². The first kappa shape index (κ1) is 13.2. The number of benzene rings is 1. The summed E-state index contributed by atoms with van der Waals surface area (Å²) in [7, 11) is 0. The summed E-state index contributed by atoms with van der Waals surface area (Å²) in [6.45, 7) is 4.92. The third kappa shape index (κ3) is 3.63. The molecule has 0 radical (unpaired) electrons. The van der Waals surface area contributed by atoms with Crippen LogP contribution in [0.25, 0.3) is 0 Å². The molecule has 1 saturated heterocycles. The molecule has 0 bridgehead atoms. The van der Waals surface area contributed by atoms with E-state index in [1.807, 2.05) is 24.3 Å². The highest BCUT2D eigenvalue weighted by molar-refractivity contribution is 5.96. The smallest absolute Gasteiger partial charge is 0.164 e. The van der Waals surface area contributed by atoms with Crippen LogP contribution in [0.4, 0.5) is 0 Å². The minimum atomic E-state index is 0.121. The fourth-order valence-corrected chi connectivity index (χ4v) is 2.09. The van der Waals surface area contributed by atoms with E-state index in [0.717, 1.165) is 38.4 Å². The van der Waals surface area contributed by atoms with Crippen molar-refractivity contribution in [3.63, 3.8) is 0 Å². The van der Waals surface area contributed by atoms with Crippen LogP contribution in [0.2, 0.25) is 0 Å². The van der Waals surface area contributed by atoms with Gasteiger partial charge in [-0.25, -0.2) is 0 Å². The Kier molecular flexibility index (Phi) is 4.87. The number of ether oxygens (including phenoxy) is 1. The number of morpholine rings is 1.